The third-order valence-corrected chi connectivity index (χ3v) is 5.31. The van der Waals surface area contributed by atoms with E-state index in [1.54, 1.807) is 25.1 Å². The minimum absolute atomic E-state index is 0.0212. The lowest BCUT2D eigenvalue weighted by molar-refractivity contribution is 0.0955. The second kappa shape index (κ2) is 8.46. The van der Waals surface area contributed by atoms with Crippen LogP contribution in [0.25, 0.3) is 0 Å². The van der Waals surface area contributed by atoms with Gasteiger partial charge in [0.05, 0.1) is 22.9 Å². The number of amides is 1. The van der Waals surface area contributed by atoms with Crippen LogP contribution in [-0.2, 0) is 0 Å². The normalized spacial score (nSPS) is 10.8. The number of carbonyl (C=O) groups is 1. The van der Waals surface area contributed by atoms with E-state index in [1.165, 1.54) is 12.4 Å². The summed E-state index contributed by atoms with van der Waals surface area (Å²) in [5, 5.41) is 14.0. The number of hydrogen-bond donors (Lipinski definition) is 2. The smallest absolute Gasteiger partial charge is 0.274 e. The van der Waals surface area contributed by atoms with Crippen LogP contribution in [0.2, 0.25) is 5.15 Å². The van der Waals surface area contributed by atoms with Crippen LogP contribution in [0.5, 0.6) is 11.5 Å². The number of phenolic OH excluding ortho intramolecular Hbond substituents is 1. The van der Waals surface area contributed by atoms with Gasteiger partial charge < -0.3 is 9.84 Å². The second-order valence-electron chi connectivity index (χ2n) is 4.41. The summed E-state index contributed by atoms with van der Waals surface area (Å²) in [6.45, 7) is 2.20. The first-order valence-corrected chi connectivity index (χ1v) is 8.69. The summed E-state index contributed by atoms with van der Waals surface area (Å²) in [5.41, 5.74) is 3.19. The molecule has 126 valence electrons. The fraction of sp³-hybridized carbons (Fsp3) is 0.133. The molecule has 0 bridgehead atoms. The summed E-state index contributed by atoms with van der Waals surface area (Å²) >= 11 is 12.5. The van der Waals surface area contributed by atoms with Crippen LogP contribution < -0.4 is 10.2 Å². The van der Waals surface area contributed by atoms with Crippen molar-refractivity contribution in [1.82, 2.24) is 10.4 Å². The maximum atomic E-state index is 12.0. The Morgan fingerprint density at radius 1 is 1.50 bits per heavy atom. The summed E-state index contributed by atoms with van der Waals surface area (Å²) < 4.78 is 6.35. The van der Waals surface area contributed by atoms with E-state index in [-0.39, 0.29) is 16.5 Å². The van der Waals surface area contributed by atoms with Crippen molar-refractivity contribution >= 4 is 55.6 Å². The van der Waals surface area contributed by atoms with Crippen molar-refractivity contribution in [3.05, 3.63) is 49.6 Å². The van der Waals surface area contributed by atoms with E-state index in [1.807, 2.05) is 0 Å². The molecule has 0 aliphatic carbocycles. The van der Waals surface area contributed by atoms with E-state index in [0.29, 0.717) is 26.9 Å². The molecular weight excluding hydrogens is 465 g/mol. The van der Waals surface area contributed by atoms with Gasteiger partial charge in [0.15, 0.2) is 11.5 Å². The molecule has 1 aromatic heterocycles. The van der Waals surface area contributed by atoms with Crippen molar-refractivity contribution in [2.75, 3.05) is 6.61 Å². The zero-order chi connectivity index (χ0) is 17.7. The fourth-order valence-corrected chi connectivity index (χ4v) is 2.78. The third-order valence-electron chi connectivity index (χ3n) is 2.85. The molecule has 0 saturated carbocycles. The third kappa shape index (κ3) is 4.25. The molecule has 0 aliphatic rings. The standard InChI is InChI=1S/C15H12Br2ClN3O3/c1-2-24-10-6-8(11(16)12(17)13(10)22)7-20-21-15(23)9-4-3-5-19-14(9)18/h3-7,22H,2H2,1H3,(H,21,23)/b20-7+. The number of pyridine rings is 1. The quantitative estimate of drug-likeness (QED) is 0.385. The minimum atomic E-state index is -0.483. The summed E-state index contributed by atoms with van der Waals surface area (Å²) in [7, 11) is 0. The van der Waals surface area contributed by atoms with Crippen LogP contribution in [0.15, 0.2) is 38.4 Å². The average molecular weight is 478 g/mol. The number of aromatic nitrogens is 1. The van der Waals surface area contributed by atoms with Crippen molar-refractivity contribution in [3.8, 4) is 11.5 Å². The Labute approximate surface area is 160 Å². The Hall–Kier alpha value is -1.64. The highest BCUT2D eigenvalue weighted by atomic mass is 79.9. The van der Waals surface area contributed by atoms with Gasteiger partial charge in [0.25, 0.3) is 5.91 Å². The first kappa shape index (κ1) is 18.7. The fourth-order valence-electron chi connectivity index (χ4n) is 1.75. The lowest BCUT2D eigenvalue weighted by atomic mass is 10.2. The van der Waals surface area contributed by atoms with Gasteiger partial charge in [0.1, 0.15) is 5.15 Å². The van der Waals surface area contributed by atoms with E-state index in [4.69, 9.17) is 16.3 Å². The van der Waals surface area contributed by atoms with E-state index in [9.17, 15) is 9.90 Å². The van der Waals surface area contributed by atoms with Gasteiger partial charge in [-0.1, -0.05) is 11.6 Å². The molecule has 24 heavy (non-hydrogen) atoms. The topological polar surface area (TPSA) is 83.8 Å². The van der Waals surface area contributed by atoms with E-state index < -0.39 is 5.91 Å². The van der Waals surface area contributed by atoms with Gasteiger partial charge in [-0.25, -0.2) is 10.4 Å². The number of benzene rings is 1. The van der Waals surface area contributed by atoms with Crippen LogP contribution in [0.3, 0.4) is 0 Å². The maximum absolute atomic E-state index is 12.0. The van der Waals surface area contributed by atoms with E-state index in [2.05, 4.69) is 47.4 Å². The lowest BCUT2D eigenvalue weighted by Gasteiger charge is -2.10. The molecule has 6 nitrogen and oxygen atoms in total. The number of hydrazone groups is 1. The van der Waals surface area contributed by atoms with Crippen LogP contribution in [0.1, 0.15) is 22.8 Å². The monoisotopic (exact) mass is 475 g/mol. The van der Waals surface area contributed by atoms with E-state index in [0.717, 1.165) is 0 Å². The number of hydrogen-bond acceptors (Lipinski definition) is 5. The Kier molecular flexibility index (Phi) is 6.59. The molecule has 2 aromatic rings. The van der Waals surface area contributed by atoms with Crippen molar-refractivity contribution in [2.24, 2.45) is 5.10 Å². The van der Waals surface area contributed by atoms with Crippen molar-refractivity contribution < 1.29 is 14.6 Å². The predicted molar refractivity (Wildman–Crippen MR) is 99.0 cm³/mol. The predicted octanol–water partition coefficient (Wildman–Crippen LogP) is 4.13. The van der Waals surface area contributed by atoms with Gasteiger partial charge in [-0.3, -0.25) is 4.79 Å². The molecule has 1 heterocycles. The van der Waals surface area contributed by atoms with Crippen molar-refractivity contribution in [3.63, 3.8) is 0 Å². The van der Waals surface area contributed by atoms with Crippen LogP contribution in [0.4, 0.5) is 0 Å². The molecule has 0 saturated heterocycles. The first-order valence-electron chi connectivity index (χ1n) is 6.73. The molecule has 0 unspecified atom stereocenters. The van der Waals surface area contributed by atoms with Gasteiger partial charge in [0.2, 0.25) is 0 Å². The van der Waals surface area contributed by atoms with E-state index >= 15 is 0 Å². The van der Waals surface area contributed by atoms with Gasteiger partial charge in [-0.05, 0) is 57.0 Å². The maximum Gasteiger partial charge on any atom is 0.274 e. The number of nitrogens with one attached hydrogen (secondary N) is 1. The molecule has 2 rings (SSSR count). The number of halogens is 3. The van der Waals surface area contributed by atoms with Crippen molar-refractivity contribution in [2.45, 2.75) is 6.92 Å². The Morgan fingerprint density at radius 2 is 2.25 bits per heavy atom. The van der Waals surface area contributed by atoms with Gasteiger partial charge in [-0.2, -0.15) is 5.10 Å². The number of ether oxygens (including phenoxy) is 1. The molecule has 0 aliphatic heterocycles. The van der Waals surface area contributed by atoms with Gasteiger partial charge in [-0.15, -0.1) is 0 Å². The minimum Gasteiger partial charge on any atom is -0.503 e. The molecule has 9 heteroatoms. The number of phenols is 1. The zero-order valence-corrected chi connectivity index (χ0v) is 16.3. The highest BCUT2D eigenvalue weighted by Gasteiger charge is 2.14. The highest BCUT2D eigenvalue weighted by molar-refractivity contribution is 9.13. The van der Waals surface area contributed by atoms with Crippen LogP contribution in [-0.4, -0.2) is 28.8 Å². The Bertz CT molecular complexity index is 800. The molecule has 1 amide bonds. The molecule has 2 N–H and O–H groups in total. The van der Waals surface area contributed by atoms with Gasteiger partial charge >= 0.3 is 0 Å². The van der Waals surface area contributed by atoms with Crippen LogP contribution in [0, 0.1) is 0 Å². The molecule has 0 spiro atoms. The molecule has 0 radical (unpaired) electrons. The Balaban J connectivity index is 2.20. The second-order valence-corrected chi connectivity index (χ2v) is 6.36. The number of aromatic hydroxyl groups is 1. The summed E-state index contributed by atoms with van der Waals surface area (Å²) in [5.74, 6) is -0.203. The molecular formula is C15H12Br2ClN3O3. The Morgan fingerprint density at radius 3 is 2.92 bits per heavy atom. The molecule has 0 fully saturated rings. The number of nitrogens with zero attached hydrogens (tertiary/aromatic N) is 2. The summed E-state index contributed by atoms with van der Waals surface area (Å²) in [6, 6.07) is 4.74. The van der Waals surface area contributed by atoms with Crippen LogP contribution >= 0.6 is 43.5 Å². The summed E-state index contributed by atoms with van der Waals surface area (Å²) in [6.07, 6.45) is 2.90. The SMILES string of the molecule is CCOc1cc(/C=N/NC(=O)c2cccnc2Cl)c(Br)c(Br)c1O. The van der Waals surface area contributed by atoms with Crippen molar-refractivity contribution in [1.29, 1.82) is 0 Å². The number of carbonyl (C=O) groups excluding carboxylic acids is 1. The zero-order valence-electron chi connectivity index (χ0n) is 12.4. The largest absolute Gasteiger partial charge is 0.503 e. The summed E-state index contributed by atoms with van der Waals surface area (Å²) in [4.78, 5) is 15.8. The first-order chi connectivity index (χ1) is 11.5. The molecule has 0 atom stereocenters. The number of rotatable bonds is 5. The van der Waals surface area contributed by atoms with Gasteiger partial charge in [0, 0.05) is 16.2 Å². The average Bonchev–Trinajstić information content (AvgIpc) is 2.57. The lowest BCUT2D eigenvalue weighted by Crippen LogP contribution is -2.18. The molecule has 1 aromatic carbocycles. The highest BCUT2D eigenvalue weighted by Crippen LogP contribution is 2.41.